The van der Waals surface area contributed by atoms with E-state index in [1.165, 1.54) is 0 Å². The number of alkyl halides is 3. The number of pyridine rings is 1. The zero-order valence-corrected chi connectivity index (χ0v) is 15.4. The topological polar surface area (TPSA) is 75.0 Å². The van der Waals surface area contributed by atoms with Crippen molar-refractivity contribution in [3.8, 4) is 0 Å². The predicted molar refractivity (Wildman–Crippen MR) is 98.4 cm³/mol. The standard InChI is InChI=1S/C19H16F3N7/c1-11-3-2-4-13-7-15(27-29(11)13)17-16-14(25-10-26-16)5-6-28(17)18-23-8-12(9-24-18)19(20,21)22/h2-4,7-10,17H,5-6H2,1H3,(H,25,26)/t17-/m0/s1. The Bertz CT molecular complexity index is 1180. The number of halogens is 3. The van der Waals surface area contributed by atoms with Crippen molar-refractivity contribution in [3.05, 3.63) is 71.3 Å². The SMILES string of the molecule is Cc1cccc2cc([C@H]3c4nc[nH]c4CCN3c3ncc(C(F)(F)F)cn3)nn12. The van der Waals surface area contributed by atoms with E-state index in [1.54, 1.807) is 6.33 Å². The summed E-state index contributed by atoms with van der Waals surface area (Å²) in [7, 11) is 0. The van der Waals surface area contributed by atoms with E-state index in [-0.39, 0.29) is 5.95 Å². The molecule has 0 unspecified atom stereocenters. The molecule has 10 heteroatoms. The van der Waals surface area contributed by atoms with E-state index in [0.29, 0.717) is 13.0 Å². The lowest BCUT2D eigenvalue weighted by Crippen LogP contribution is -2.37. The minimum atomic E-state index is -4.48. The summed E-state index contributed by atoms with van der Waals surface area (Å²) >= 11 is 0. The third-order valence-corrected chi connectivity index (χ3v) is 5.12. The van der Waals surface area contributed by atoms with Gasteiger partial charge in [0.05, 0.1) is 28.8 Å². The predicted octanol–water partition coefficient (Wildman–Crippen LogP) is 3.33. The molecule has 1 atom stereocenters. The van der Waals surface area contributed by atoms with Gasteiger partial charge in [-0.2, -0.15) is 18.3 Å². The van der Waals surface area contributed by atoms with Gasteiger partial charge in [0, 0.05) is 36.7 Å². The van der Waals surface area contributed by atoms with Crippen LogP contribution in [0.2, 0.25) is 0 Å². The van der Waals surface area contributed by atoms with Crippen molar-refractivity contribution in [2.24, 2.45) is 0 Å². The molecule has 0 aromatic carbocycles. The Hall–Kier alpha value is -3.43. The largest absolute Gasteiger partial charge is 0.419 e. The minimum Gasteiger partial charge on any atom is -0.348 e. The van der Waals surface area contributed by atoms with Crippen LogP contribution in [0.4, 0.5) is 19.1 Å². The van der Waals surface area contributed by atoms with Gasteiger partial charge in [-0.25, -0.2) is 19.5 Å². The fourth-order valence-electron chi connectivity index (χ4n) is 3.71. The van der Waals surface area contributed by atoms with Crippen LogP contribution in [-0.2, 0) is 12.6 Å². The number of nitrogens with zero attached hydrogens (tertiary/aromatic N) is 6. The van der Waals surface area contributed by atoms with Gasteiger partial charge in [0.15, 0.2) is 0 Å². The van der Waals surface area contributed by atoms with E-state index in [9.17, 15) is 13.2 Å². The Balaban J connectivity index is 1.61. The van der Waals surface area contributed by atoms with Crippen LogP contribution in [0, 0.1) is 6.92 Å². The van der Waals surface area contributed by atoms with Crippen LogP contribution in [0.25, 0.3) is 5.52 Å². The van der Waals surface area contributed by atoms with E-state index in [2.05, 4.69) is 19.9 Å². The van der Waals surface area contributed by atoms with Gasteiger partial charge >= 0.3 is 6.18 Å². The first-order valence-electron chi connectivity index (χ1n) is 9.05. The first kappa shape index (κ1) is 17.7. The molecule has 4 aromatic heterocycles. The molecule has 1 aliphatic heterocycles. The van der Waals surface area contributed by atoms with Crippen LogP contribution in [0.3, 0.4) is 0 Å². The van der Waals surface area contributed by atoms with Crippen molar-refractivity contribution in [1.82, 2.24) is 29.5 Å². The van der Waals surface area contributed by atoms with Crippen LogP contribution in [-0.4, -0.2) is 36.1 Å². The van der Waals surface area contributed by atoms with E-state index in [0.717, 1.165) is 40.7 Å². The molecular weight excluding hydrogens is 383 g/mol. The summed E-state index contributed by atoms with van der Waals surface area (Å²) in [5, 5.41) is 4.73. The second-order valence-corrected chi connectivity index (χ2v) is 6.95. The van der Waals surface area contributed by atoms with E-state index < -0.39 is 17.8 Å². The second kappa shape index (κ2) is 6.29. The lowest BCUT2D eigenvalue weighted by atomic mass is 10.0. The molecule has 148 valence electrons. The summed E-state index contributed by atoms with van der Waals surface area (Å²) in [5.74, 6) is 0.213. The molecule has 1 N–H and O–H groups in total. The Labute approximate surface area is 163 Å². The molecular formula is C19H16F3N7. The van der Waals surface area contributed by atoms with Crippen molar-refractivity contribution in [1.29, 1.82) is 0 Å². The van der Waals surface area contributed by atoms with E-state index in [1.807, 2.05) is 40.6 Å². The maximum atomic E-state index is 12.9. The Morgan fingerprint density at radius 2 is 1.93 bits per heavy atom. The highest BCUT2D eigenvalue weighted by Crippen LogP contribution is 2.36. The third-order valence-electron chi connectivity index (χ3n) is 5.12. The molecule has 0 fully saturated rings. The number of nitrogens with one attached hydrogen (secondary N) is 1. The number of hydrogen-bond acceptors (Lipinski definition) is 5. The van der Waals surface area contributed by atoms with Gasteiger partial charge in [-0.15, -0.1) is 0 Å². The number of aromatic amines is 1. The quantitative estimate of drug-likeness (QED) is 0.560. The highest BCUT2D eigenvalue weighted by molar-refractivity contribution is 5.53. The number of aromatic nitrogens is 6. The molecule has 0 saturated carbocycles. The minimum absolute atomic E-state index is 0.213. The average molecular weight is 399 g/mol. The van der Waals surface area contributed by atoms with Crippen molar-refractivity contribution in [2.75, 3.05) is 11.4 Å². The first-order chi connectivity index (χ1) is 13.9. The molecule has 29 heavy (non-hydrogen) atoms. The van der Waals surface area contributed by atoms with Gasteiger partial charge < -0.3 is 9.88 Å². The van der Waals surface area contributed by atoms with Gasteiger partial charge in [-0.05, 0) is 25.1 Å². The summed E-state index contributed by atoms with van der Waals surface area (Å²) < 4.78 is 40.5. The van der Waals surface area contributed by atoms with Gasteiger partial charge in [-0.1, -0.05) is 6.07 Å². The number of aryl methyl sites for hydroxylation is 1. The number of hydrogen-bond donors (Lipinski definition) is 1. The Kier molecular flexibility index (Phi) is 3.83. The summed E-state index contributed by atoms with van der Waals surface area (Å²) in [6, 6.07) is 7.42. The molecule has 1 aliphatic rings. The molecule has 0 amide bonds. The Morgan fingerprint density at radius 3 is 2.66 bits per heavy atom. The summed E-state index contributed by atoms with van der Waals surface area (Å²) in [6.07, 6.45) is -0.576. The van der Waals surface area contributed by atoms with Crippen molar-refractivity contribution >= 4 is 11.5 Å². The van der Waals surface area contributed by atoms with Crippen LogP contribution in [0.1, 0.15) is 34.4 Å². The highest BCUT2D eigenvalue weighted by atomic mass is 19.4. The molecule has 0 saturated heterocycles. The third kappa shape index (κ3) is 2.91. The van der Waals surface area contributed by atoms with Gasteiger partial charge in [-0.3, -0.25) is 0 Å². The molecule has 4 aromatic rings. The van der Waals surface area contributed by atoms with Gasteiger partial charge in [0.25, 0.3) is 0 Å². The fraction of sp³-hybridized carbons (Fsp3) is 0.263. The monoisotopic (exact) mass is 399 g/mol. The number of H-pyrrole nitrogens is 1. The summed E-state index contributed by atoms with van der Waals surface area (Å²) in [5.41, 5.74) is 3.52. The lowest BCUT2D eigenvalue weighted by Gasteiger charge is -2.33. The molecule has 0 spiro atoms. The summed E-state index contributed by atoms with van der Waals surface area (Å²) in [6.45, 7) is 2.49. The smallest absolute Gasteiger partial charge is 0.348 e. The number of rotatable bonds is 2. The van der Waals surface area contributed by atoms with E-state index in [4.69, 9.17) is 5.10 Å². The number of fused-ring (bicyclic) bond motifs is 2. The average Bonchev–Trinajstić information content (AvgIpc) is 3.34. The zero-order chi connectivity index (χ0) is 20.2. The van der Waals surface area contributed by atoms with Crippen LogP contribution >= 0.6 is 0 Å². The van der Waals surface area contributed by atoms with Crippen LogP contribution in [0.5, 0.6) is 0 Å². The molecule has 5 heterocycles. The van der Waals surface area contributed by atoms with Crippen molar-refractivity contribution in [3.63, 3.8) is 0 Å². The van der Waals surface area contributed by atoms with E-state index >= 15 is 0 Å². The second-order valence-electron chi connectivity index (χ2n) is 6.95. The zero-order valence-electron chi connectivity index (χ0n) is 15.4. The molecule has 5 rings (SSSR count). The van der Waals surface area contributed by atoms with Crippen LogP contribution in [0.15, 0.2) is 43.0 Å². The first-order valence-corrected chi connectivity index (χ1v) is 9.05. The van der Waals surface area contributed by atoms with Crippen molar-refractivity contribution in [2.45, 2.75) is 25.6 Å². The van der Waals surface area contributed by atoms with Crippen LogP contribution < -0.4 is 4.90 Å². The van der Waals surface area contributed by atoms with Crippen molar-refractivity contribution < 1.29 is 13.2 Å². The molecule has 0 radical (unpaired) electrons. The number of anilines is 1. The molecule has 0 aliphatic carbocycles. The number of imidazole rings is 1. The summed E-state index contributed by atoms with van der Waals surface area (Å²) in [4.78, 5) is 17.4. The fourth-order valence-corrected chi connectivity index (χ4v) is 3.71. The molecule has 0 bridgehead atoms. The highest BCUT2D eigenvalue weighted by Gasteiger charge is 2.36. The lowest BCUT2D eigenvalue weighted by molar-refractivity contribution is -0.138. The van der Waals surface area contributed by atoms with Gasteiger partial charge in [0.2, 0.25) is 5.95 Å². The molecule has 7 nitrogen and oxygen atoms in total. The Morgan fingerprint density at radius 1 is 1.14 bits per heavy atom. The normalized spacial score (nSPS) is 17.0. The van der Waals surface area contributed by atoms with Gasteiger partial charge in [0.1, 0.15) is 6.04 Å². The maximum absolute atomic E-state index is 12.9. The maximum Gasteiger partial charge on any atom is 0.419 e.